The van der Waals surface area contributed by atoms with Crippen molar-refractivity contribution in [2.75, 3.05) is 13.1 Å². The lowest BCUT2D eigenvalue weighted by molar-refractivity contribution is 0.0706. The maximum Gasteiger partial charge on any atom is 0.256 e. The van der Waals surface area contributed by atoms with Crippen LogP contribution < -0.4 is 5.56 Å². The molecule has 0 unspecified atom stereocenters. The number of carbonyl (C=O) groups is 1. The summed E-state index contributed by atoms with van der Waals surface area (Å²) in [5.41, 5.74) is 1.23. The number of piperidine rings is 1. The molecule has 0 spiro atoms. The highest BCUT2D eigenvalue weighted by atomic mass is 19.1. The fraction of sp³-hybridized carbons (Fsp3) is 0.238. The first-order chi connectivity index (χ1) is 13.6. The summed E-state index contributed by atoms with van der Waals surface area (Å²) >= 11 is 0. The molecule has 0 aliphatic carbocycles. The zero-order valence-corrected chi connectivity index (χ0v) is 15.1. The summed E-state index contributed by atoms with van der Waals surface area (Å²) in [4.78, 5) is 37.8. The quantitative estimate of drug-likeness (QED) is 0.760. The summed E-state index contributed by atoms with van der Waals surface area (Å²) in [7, 11) is 0. The van der Waals surface area contributed by atoms with Crippen LogP contribution >= 0.6 is 0 Å². The molecule has 0 saturated carbocycles. The third kappa shape index (κ3) is 3.69. The van der Waals surface area contributed by atoms with E-state index in [-0.39, 0.29) is 22.9 Å². The van der Waals surface area contributed by atoms with Crippen LogP contribution in [0.15, 0.2) is 59.7 Å². The molecular weight excluding hydrogens is 359 g/mol. The van der Waals surface area contributed by atoms with E-state index < -0.39 is 5.82 Å². The SMILES string of the molecule is O=C(c1ccccc1F)N1CCC(c2nc(-c3cccnc3)cc(=O)[nH]2)CC1. The van der Waals surface area contributed by atoms with E-state index >= 15 is 0 Å². The third-order valence-corrected chi connectivity index (χ3v) is 4.99. The van der Waals surface area contributed by atoms with Gasteiger partial charge < -0.3 is 9.88 Å². The van der Waals surface area contributed by atoms with Crippen molar-refractivity contribution in [3.8, 4) is 11.3 Å². The number of amides is 1. The van der Waals surface area contributed by atoms with Crippen molar-refractivity contribution in [1.29, 1.82) is 0 Å². The fourth-order valence-corrected chi connectivity index (χ4v) is 3.49. The number of benzene rings is 1. The Bertz CT molecular complexity index is 1040. The predicted octanol–water partition coefficient (Wildman–Crippen LogP) is 2.99. The largest absolute Gasteiger partial charge is 0.339 e. The molecule has 142 valence electrons. The summed E-state index contributed by atoms with van der Waals surface area (Å²) in [6.45, 7) is 0.970. The monoisotopic (exact) mass is 378 g/mol. The number of hydrogen-bond acceptors (Lipinski definition) is 4. The van der Waals surface area contributed by atoms with Crippen molar-refractivity contribution in [3.63, 3.8) is 0 Å². The van der Waals surface area contributed by atoms with Crippen molar-refractivity contribution in [1.82, 2.24) is 19.9 Å². The molecule has 4 rings (SSSR count). The fourth-order valence-electron chi connectivity index (χ4n) is 3.49. The van der Waals surface area contributed by atoms with Crippen LogP contribution in [0.1, 0.15) is 34.9 Å². The first kappa shape index (κ1) is 18.0. The van der Waals surface area contributed by atoms with Gasteiger partial charge in [0.25, 0.3) is 11.5 Å². The van der Waals surface area contributed by atoms with E-state index in [1.807, 2.05) is 6.07 Å². The van der Waals surface area contributed by atoms with Gasteiger partial charge in [-0.05, 0) is 37.1 Å². The minimum absolute atomic E-state index is 0.0361. The van der Waals surface area contributed by atoms with Crippen LogP contribution in [0.25, 0.3) is 11.3 Å². The predicted molar refractivity (Wildman–Crippen MR) is 102 cm³/mol. The van der Waals surface area contributed by atoms with Crippen LogP contribution in [0.3, 0.4) is 0 Å². The number of aromatic nitrogens is 3. The second-order valence-electron chi connectivity index (χ2n) is 6.80. The van der Waals surface area contributed by atoms with E-state index in [4.69, 9.17) is 0 Å². The number of halogens is 1. The van der Waals surface area contributed by atoms with Gasteiger partial charge in [-0.1, -0.05) is 12.1 Å². The summed E-state index contributed by atoms with van der Waals surface area (Å²) in [6.07, 6.45) is 4.64. The van der Waals surface area contributed by atoms with Gasteiger partial charge in [0.15, 0.2) is 0 Å². The van der Waals surface area contributed by atoms with Crippen LogP contribution in [0.5, 0.6) is 0 Å². The van der Waals surface area contributed by atoms with E-state index in [0.717, 1.165) is 5.56 Å². The lowest BCUT2D eigenvalue weighted by Gasteiger charge is -2.31. The summed E-state index contributed by atoms with van der Waals surface area (Å²) in [6, 6.07) is 11.1. The Balaban J connectivity index is 1.50. The lowest BCUT2D eigenvalue weighted by atomic mass is 9.95. The Morgan fingerprint density at radius 2 is 1.93 bits per heavy atom. The van der Waals surface area contributed by atoms with Gasteiger partial charge in [-0.25, -0.2) is 9.37 Å². The zero-order chi connectivity index (χ0) is 19.5. The van der Waals surface area contributed by atoms with Crippen LogP contribution in [-0.2, 0) is 0 Å². The molecule has 1 aromatic carbocycles. The van der Waals surface area contributed by atoms with Gasteiger partial charge in [-0.2, -0.15) is 0 Å². The highest BCUT2D eigenvalue weighted by Crippen LogP contribution is 2.27. The highest BCUT2D eigenvalue weighted by molar-refractivity contribution is 5.94. The smallest absolute Gasteiger partial charge is 0.256 e. The van der Waals surface area contributed by atoms with E-state index in [9.17, 15) is 14.0 Å². The van der Waals surface area contributed by atoms with Gasteiger partial charge in [0, 0.05) is 43.0 Å². The molecule has 6 nitrogen and oxygen atoms in total. The number of carbonyl (C=O) groups excluding carboxylic acids is 1. The number of pyridine rings is 1. The molecule has 0 bridgehead atoms. The molecule has 2 aromatic heterocycles. The van der Waals surface area contributed by atoms with Crippen LogP contribution in [0.2, 0.25) is 0 Å². The Hall–Kier alpha value is -3.35. The molecule has 0 atom stereocenters. The Morgan fingerprint density at radius 1 is 1.14 bits per heavy atom. The average molecular weight is 378 g/mol. The van der Waals surface area contributed by atoms with Crippen LogP contribution in [-0.4, -0.2) is 38.8 Å². The van der Waals surface area contributed by atoms with Crippen molar-refractivity contribution in [2.45, 2.75) is 18.8 Å². The number of nitrogens with zero attached hydrogens (tertiary/aromatic N) is 3. The minimum Gasteiger partial charge on any atom is -0.339 e. The molecule has 1 aliphatic heterocycles. The first-order valence-electron chi connectivity index (χ1n) is 9.17. The number of rotatable bonds is 3. The maximum atomic E-state index is 13.9. The number of hydrogen-bond donors (Lipinski definition) is 1. The van der Waals surface area contributed by atoms with E-state index in [1.54, 1.807) is 35.5 Å². The highest BCUT2D eigenvalue weighted by Gasteiger charge is 2.27. The molecule has 3 aromatic rings. The number of likely N-dealkylation sites (tertiary alicyclic amines) is 1. The number of H-pyrrole nitrogens is 1. The van der Waals surface area contributed by atoms with Gasteiger partial charge in [-0.3, -0.25) is 14.6 Å². The second-order valence-corrected chi connectivity index (χ2v) is 6.80. The van der Waals surface area contributed by atoms with Crippen molar-refractivity contribution in [2.24, 2.45) is 0 Å². The lowest BCUT2D eigenvalue weighted by Crippen LogP contribution is -2.38. The summed E-state index contributed by atoms with van der Waals surface area (Å²) in [5, 5.41) is 0. The van der Waals surface area contributed by atoms with Gasteiger partial charge in [0.2, 0.25) is 0 Å². The van der Waals surface area contributed by atoms with Gasteiger partial charge in [0.1, 0.15) is 11.6 Å². The number of nitrogens with one attached hydrogen (secondary N) is 1. The topological polar surface area (TPSA) is 79.0 Å². The summed E-state index contributed by atoms with van der Waals surface area (Å²) < 4.78 is 13.9. The molecule has 7 heteroatoms. The van der Waals surface area contributed by atoms with Gasteiger partial charge >= 0.3 is 0 Å². The van der Waals surface area contributed by atoms with Gasteiger partial charge in [0.05, 0.1) is 11.3 Å². The van der Waals surface area contributed by atoms with Gasteiger partial charge in [-0.15, -0.1) is 0 Å². The molecule has 0 radical (unpaired) electrons. The van der Waals surface area contributed by atoms with Crippen molar-refractivity contribution >= 4 is 5.91 Å². The molecule has 1 saturated heterocycles. The minimum atomic E-state index is -0.509. The third-order valence-electron chi connectivity index (χ3n) is 4.99. The first-order valence-corrected chi connectivity index (χ1v) is 9.17. The standard InChI is InChI=1S/C21H19FN4O2/c22-17-6-2-1-5-16(17)21(28)26-10-7-14(8-11-26)20-24-18(12-19(27)25-20)15-4-3-9-23-13-15/h1-6,9,12-14H,7-8,10-11H2,(H,24,25,27). The second kappa shape index (κ2) is 7.72. The molecule has 1 aliphatic rings. The van der Waals surface area contributed by atoms with Crippen molar-refractivity contribution < 1.29 is 9.18 Å². The van der Waals surface area contributed by atoms with Crippen LogP contribution in [0, 0.1) is 5.82 Å². The van der Waals surface area contributed by atoms with Crippen LogP contribution in [0.4, 0.5) is 4.39 Å². The zero-order valence-electron chi connectivity index (χ0n) is 15.1. The van der Waals surface area contributed by atoms with E-state index in [1.165, 1.54) is 18.2 Å². The average Bonchev–Trinajstić information content (AvgIpc) is 2.74. The Kier molecular flexibility index (Phi) is 4.97. The Labute approximate surface area is 161 Å². The Morgan fingerprint density at radius 3 is 2.64 bits per heavy atom. The van der Waals surface area contributed by atoms with E-state index in [2.05, 4.69) is 15.0 Å². The number of aromatic amines is 1. The summed E-state index contributed by atoms with van der Waals surface area (Å²) in [5.74, 6) is -0.162. The molecular formula is C21H19FN4O2. The molecule has 1 amide bonds. The molecule has 1 fully saturated rings. The molecule has 28 heavy (non-hydrogen) atoms. The van der Waals surface area contributed by atoms with Crippen molar-refractivity contribution in [3.05, 3.63) is 82.4 Å². The molecule has 1 N–H and O–H groups in total. The molecule has 3 heterocycles. The van der Waals surface area contributed by atoms with E-state index in [0.29, 0.717) is 37.4 Å². The normalized spacial score (nSPS) is 14.8. The maximum absolute atomic E-state index is 13.9.